The van der Waals surface area contributed by atoms with Crippen molar-refractivity contribution >= 4 is 33.0 Å². The first-order chi connectivity index (χ1) is 7.36. The summed E-state index contributed by atoms with van der Waals surface area (Å²) in [4.78, 5) is 0.0713. The number of sulfone groups is 1. The molecule has 0 heterocycles. The minimum Gasteiger partial charge on any atom is -0.330 e. The van der Waals surface area contributed by atoms with E-state index in [4.69, 9.17) is 28.9 Å². The van der Waals surface area contributed by atoms with Crippen LogP contribution in [-0.2, 0) is 9.84 Å². The van der Waals surface area contributed by atoms with Crippen LogP contribution in [0.5, 0.6) is 0 Å². The molecule has 0 aliphatic heterocycles. The van der Waals surface area contributed by atoms with Gasteiger partial charge in [-0.3, -0.25) is 0 Å². The third kappa shape index (κ3) is 3.35. The summed E-state index contributed by atoms with van der Waals surface area (Å²) < 4.78 is 24.0. The van der Waals surface area contributed by atoms with Crippen molar-refractivity contribution in [2.75, 3.05) is 12.3 Å². The summed E-state index contributed by atoms with van der Waals surface area (Å²) in [6.45, 7) is 2.09. The molecule has 0 saturated carbocycles. The third-order valence-corrected chi connectivity index (χ3v) is 4.83. The maximum Gasteiger partial charge on any atom is 0.180 e. The average Bonchev–Trinajstić information content (AvgIpc) is 2.20. The second kappa shape index (κ2) is 5.36. The summed E-state index contributed by atoms with van der Waals surface area (Å²) in [6, 6.07) is 4.39. The van der Waals surface area contributed by atoms with Gasteiger partial charge in [0.25, 0.3) is 0 Å². The molecule has 1 aromatic carbocycles. The SMILES string of the molecule is CC(CN)CS(=O)(=O)c1cc(Cl)ccc1Cl. The number of halogens is 2. The van der Waals surface area contributed by atoms with Gasteiger partial charge in [-0.2, -0.15) is 0 Å². The van der Waals surface area contributed by atoms with Crippen molar-refractivity contribution in [2.24, 2.45) is 11.7 Å². The highest BCUT2D eigenvalue weighted by molar-refractivity contribution is 7.91. The lowest BCUT2D eigenvalue weighted by Gasteiger charge is -2.10. The summed E-state index contributed by atoms with van der Waals surface area (Å²) in [7, 11) is -3.42. The number of benzene rings is 1. The molecule has 0 aliphatic rings. The van der Waals surface area contributed by atoms with Crippen molar-refractivity contribution in [3.8, 4) is 0 Å². The Morgan fingerprint density at radius 1 is 1.38 bits per heavy atom. The Bertz CT molecular complexity index is 474. The van der Waals surface area contributed by atoms with E-state index in [0.717, 1.165) is 0 Å². The summed E-state index contributed by atoms with van der Waals surface area (Å²) in [5.41, 5.74) is 5.40. The fourth-order valence-electron chi connectivity index (χ4n) is 1.25. The van der Waals surface area contributed by atoms with Gasteiger partial charge in [0.2, 0.25) is 0 Å². The molecule has 0 aromatic heterocycles. The molecule has 6 heteroatoms. The van der Waals surface area contributed by atoms with E-state index in [1.54, 1.807) is 13.0 Å². The third-order valence-electron chi connectivity index (χ3n) is 2.13. The van der Waals surface area contributed by atoms with Gasteiger partial charge in [-0.25, -0.2) is 8.42 Å². The Balaban J connectivity index is 3.12. The quantitative estimate of drug-likeness (QED) is 0.922. The molecule has 0 fully saturated rings. The van der Waals surface area contributed by atoms with Crippen molar-refractivity contribution in [3.05, 3.63) is 28.2 Å². The van der Waals surface area contributed by atoms with Crippen LogP contribution in [0.2, 0.25) is 10.0 Å². The van der Waals surface area contributed by atoms with Gasteiger partial charge in [-0.05, 0) is 30.7 Å². The highest BCUT2D eigenvalue weighted by atomic mass is 35.5. The topological polar surface area (TPSA) is 60.2 Å². The second-order valence-corrected chi connectivity index (χ2v) is 6.54. The zero-order valence-electron chi connectivity index (χ0n) is 8.78. The van der Waals surface area contributed by atoms with Gasteiger partial charge in [0.05, 0.1) is 15.7 Å². The predicted octanol–water partition coefficient (Wildman–Crippen LogP) is 2.36. The van der Waals surface area contributed by atoms with E-state index in [0.29, 0.717) is 11.6 Å². The van der Waals surface area contributed by atoms with Crippen LogP contribution in [0.15, 0.2) is 23.1 Å². The largest absolute Gasteiger partial charge is 0.330 e. The molecule has 1 unspecified atom stereocenters. The molecular formula is C10H13Cl2NO2S. The van der Waals surface area contributed by atoms with Crippen LogP contribution in [0, 0.1) is 5.92 Å². The van der Waals surface area contributed by atoms with Gasteiger partial charge in [0.1, 0.15) is 0 Å². The summed E-state index contributed by atoms with van der Waals surface area (Å²) in [5.74, 6) is -0.135. The molecule has 0 aliphatic carbocycles. The van der Waals surface area contributed by atoms with Crippen LogP contribution in [-0.4, -0.2) is 20.7 Å². The van der Waals surface area contributed by atoms with Crippen LogP contribution in [0.4, 0.5) is 0 Å². The van der Waals surface area contributed by atoms with Gasteiger partial charge in [0.15, 0.2) is 9.84 Å². The Kier molecular flexibility index (Phi) is 4.62. The molecule has 90 valence electrons. The summed E-state index contributed by atoms with van der Waals surface area (Å²) >= 11 is 11.6. The normalized spacial score (nSPS) is 13.8. The van der Waals surface area contributed by atoms with Gasteiger partial charge in [0, 0.05) is 5.02 Å². The molecule has 16 heavy (non-hydrogen) atoms. The van der Waals surface area contributed by atoms with E-state index < -0.39 is 9.84 Å². The molecular weight excluding hydrogens is 269 g/mol. The van der Waals surface area contributed by atoms with Crippen molar-refractivity contribution in [2.45, 2.75) is 11.8 Å². The average molecular weight is 282 g/mol. The Labute approximate surface area is 105 Å². The highest BCUT2D eigenvalue weighted by Gasteiger charge is 2.21. The number of hydrogen-bond donors (Lipinski definition) is 1. The standard InChI is InChI=1S/C10H13Cl2NO2S/c1-7(5-13)6-16(14,15)10-4-8(11)2-3-9(10)12/h2-4,7H,5-6,13H2,1H3. The van der Waals surface area contributed by atoms with Gasteiger partial charge in [-0.1, -0.05) is 30.1 Å². The number of rotatable bonds is 4. The fraction of sp³-hybridized carbons (Fsp3) is 0.400. The zero-order valence-corrected chi connectivity index (χ0v) is 11.1. The molecule has 1 rings (SSSR count). The van der Waals surface area contributed by atoms with Crippen LogP contribution in [0.25, 0.3) is 0 Å². The van der Waals surface area contributed by atoms with E-state index in [1.165, 1.54) is 12.1 Å². The molecule has 1 aromatic rings. The van der Waals surface area contributed by atoms with Crippen LogP contribution < -0.4 is 5.73 Å². The monoisotopic (exact) mass is 281 g/mol. The van der Waals surface area contributed by atoms with Crippen LogP contribution in [0.3, 0.4) is 0 Å². The molecule has 0 amide bonds. The van der Waals surface area contributed by atoms with E-state index >= 15 is 0 Å². The predicted molar refractivity (Wildman–Crippen MR) is 66.7 cm³/mol. The lowest BCUT2D eigenvalue weighted by molar-refractivity contribution is 0.574. The Morgan fingerprint density at radius 2 is 2.00 bits per heavy atom. The Morgan fingerprint density at radius 3 is 2.56 bits per heavy atom. The van der Waals surface area contributed by atoms with Gasteiger partial charge >= 0.3 is 0 Å². The Hall–Kier alpha value is -0.290. The maximum atomic E-state index is 12.0. The lowest BCUT2D eigenvalue weighted by atomic mass is 10.2. The first-order valence-electron chi connectivity index (χ1n) is 4.74. The van der Waals surface area contributed by atoms with Crippen LogP contribution >= 0.6 is 23.2 Å². The molecule has 0 saturated heterocycles. The molecule has 1 atom stereocenters. The fourth-order valence-corrected chi connectivity index (χ4v) is 3.69. The smallest absolute Gasteiger partial charge is 0.180 e. The molecule has 3 nitrogen and oxygen atoms in total. The first kappa shape index (κ1) is 13.8. The van der Waals surface area contributed by atoms with Crippen LogP contribution in [0.1, 0.15) is 6.92 Å². The minimum atomic E-state index is -3.42. The lowest BCUT2D eigenvalue weighted by Crippen LogP contribution is -2.21. The minimum absolute atomic E-state index is 0.0242. The van der Waals surface area contributed by atoms with Crippen molar-refractivity contribution in [3.63, 3.8) is 0 Å². The van der Waals surface area contributed by atoms with E-state index in [1.807, 2.05) is 0 Å². The van der Waals surface area contributed by atoms with Crippen molar-refractivity contribution in [1.29, 1.82) is 0 Å². The molecule has 0 radical (unpaired) electrons. The van der Waals surface area contributed by atoms with Crippen molar-refractivity contribution < 1.29 is 8.42 Å². The maximum absolute atomic E-state index is 12.0. The van der Waals surface area contributed by atoms with Gasteiger partial charge in [-0.15, -0.1) is 0 Å². The zero-order chi connectivity index (χ0) is 12.3. The van der Waals surface area contributed by atoms with E-state index in [2.05, 4.69) is 0 Å². The van der Waals surface area contributed by atoms with Crippen molar-refractivity contribution in [1.82, 2.24) is 0 Å². The molecule has 2 N–H and O–H groups in total. The molecule has 0 spiro atoms. The second-order valence-electron chi connectivity index (χ2n) is 3.70. The number of nitrogens with two attached hydrogens (primary N) is 1. The summed E-state index contributed by atoms with van der Waals surface area (Å²) in [6.07, 6.45) is 0. The number of hydrogen-bond acceptors (Lipinski definition) is 3. The van der Waals surface area contributed by atoms with E-state index in [9.17, 15) is 8.42 Å². The molecule has 0 bridgehead atoms. The van der Waals surface area contributed by atoms with Gasteiger partial charge < -0.3 is 5.73 Å². The highest BCUT2D eigenvalue weighted by Crippen LogP contribution is 2.26. The summed E-state index contributed by atoms with van der Waals surface area (Å²) in [5, 5.41) is 0.539. The first-order valence-corrected chi connectivity index (χ1v) is 7.15. The van der Waals surface area contributed by atoms with E-state index in [-0.39, 0.29) is 21.6 Å².